The van der Waals surface area contributed by atoms with Crippen LogP contribution in [0.3, 0.4) is 0 Å². The molecule has 0 amide bonds. The molecule has 0 atom stereocenters. The van der Waals surface area contributed by atoms with Crippen molar-refractivity contribution in [3.05, 3.63) is 52.8 Å². The summed E-state index contributed by atoms with van der Waals surface area (Å²) in [5.74, 6) is 0.0938. The van der Waals surface area contributed by atoms with Crippen molar-refractivity contribution in [3.63, 3.8) is 0 Å². The average Bonchev–Trinajstić information content (AvgIpc) is 2.84. The van der Waals surface area contributed by atoms with Crippen molar-refractivity contribution in [1.82, 2.24) is 4.98 Å². The van der Waals surface area contributed by atoms with E-state index in [0.717, 1.165) is 16.9 Å². The number of aryl methyl sites for hydroxylation is 3. The molecule has 0 saturated carbocycles. The standard InChI is InChI=1S/C17H15NO3/c1-9-6-10(2)16-12(7-9)13(17(19)20)8-14(18-16)15-5-4-11(3)21-15/h4-8H,1-3H3,(H,19,20)/p-1. The molecule has 0 aliphatic rings. The summed E-state index contributed by atoms with van der Waals surface area (Å²) in [5.41, 5.74) is 3.22. The van der Waals surface area contributed by atoms with E-state index in [1.54, 1.807) is 6.07 Å². The van der Waals surface area contributed by atoms with Crippen LogP contribution in [0.25, 0.3) is 22.4 Å². The van der Waals surface area contributed by atoms with Crippen molar-refractivity contribution in [2.24, 2.45) is 0 Å². The number of carbonyl (C=O) groups excluding carboxylic acids is 1. The number of carboxylic acid groups (broad SMARTS) is 1. The van der Waals surface area contributed by atoms with Gasteiger partial charge in [0.05, 0.1) is 11.5 Å². The first kappa shape index (κ1) is 13.4. The molecule has 106 valence electrons. The van der Waals surface area contributed by atoms with Crippen molar-refractivity contribution in [1.29, 1.82) is 0 Å². The van der Waals surface area contributed by atoms with E-state index in [2.05, 4.69) is 4.98 Å². The molecular weight excluding hydrogens is 266 g/mol. The largest absolute Gasteiger partial charge is 0.545 e. The smallest absolute Gasteiger partial charge is 0.152 e. The number of aromatic carboxylic acids is 1. The maximum atomic E-state index is 11.5. The van der Waals surface area contributed by atoms with Crippen LogP contribution in [0.5, 0.6) is 0 Å². The van der Waals surface area contributed by atoms with Gasteiger partial charge >= 0.3 is 0 Å². The fraction of sp³-hybridized carbons (Fsp3) is 0.176. The Hall–Kier alpha value is -2.62. The Morgan fingerprint density at radius 3 is 2.52 bits per heavy atom. The number of nitrogens with zero attached hydrogens (tertiary/aromatic N) is 1. The Morgan fingerprint density at radius 1 is 1.14 bits per heavy atom. The molecule has 0 bridgehead atoms. The first-order chi connectivity index (χ1) is 9.95. The summed E-state index contributed by atoms with van der Waals surface area (Å²) < 4.78 is 5.54. The van der Waals surface area contributed by atoms with E-state index >= 15 is 0 Å². The molecule has 2 heterocycles. The fourth-order valence-electron chi connectivity index (χ4n) is 2.55. The van der Waals surface area contributed by atoms with E-state index < -0.39 is 5.97 Å². The normalized spacial score (nSPS) is 11.0. The Labute approximate surface area is 122 Å². The molecule has 0 N–H and O–H groups in total. The topological polar surface area (TPSA) is 66.2 Å². The molecule has 21 heavy (non-hydrogen) atoms. The number of carboxylic acids is 1. The summed E-state index contributed by atoms with van der Waals surface area (Å²) in [5, 5.41) is 12.1. The average molecular weight is 280 g/mol. The fourth-order valence-corrected chi connectivity index (χ4v) is 2.55. The number of hydrogen-bond donors (Lipinski definition) is 0. The third-order valence-electron chi connectivity index (χ3n) is 3.46. The van der Waals surface area contributed by atoms with Crippen molar-refractivity contribution >= 4 is 16.9 Å². The second-order valence-electron chi connectivity index (χ2n) is 5.23. The van der Waals surface area contributed by atoms with Gasteiger partial charge in [-0.2, -0.15) is 0 Å². The number of carbonyl (C=O) groups is 1. The van der Waals surface area contributed by atoms with Gasteiger partial charge < -0.3 is 14.3 Å². The molecule has 2 aromatic heterocycles. The van der Waals surface area contributed by atoms with Crippen LogP contribution < -0.4 is 5.11 Å². The SMILES string of the molecule is Cc1cc(C)c2nc(-c3ccc(C)o3)cc(C(=O)[O-])c2c1. The molecule has 0 saturated heterocycles. The van der Waals surface area contributed by atoms with E-state index in [4.69, 9.17) is 4.42 Å². The molecule has 0 spiro atoms. The third-order valence-corrected chi connectivity index (χ3v) is 3.46. The van der Waals surface area contributed by atoms with Crippen LogP contribution in [-0.2, 0) is 0 Å². The van der Waals surface area contributed by atoms with Crippen LogP contribution in [0.2, 0.25) is 0 Å². The highest BCUT2D eigenvalue weighted by atomic mass is 16.4. The van der Waals surface area contributed by atoms with Crippen LogP contribution in [0.4, 0.5) is 0 Å². The zero-order valence-corrected chi connectivity index (χ0v) is 12.1. The maximum Gasteiger partial charge on any atom is 0.152 e. The van der Waals surface area contributed by atoms with E-state index in [0.29, 0.717) is 22.4 Å². The Balaban J connectivity index is 2.37. The van der Waals surface area contributed by atoms with E-state index in [-0.39, 0.29) is 5.56 Å². The summed E-state index contributed by atoms with van der Waals surface area (Å²) in [6, 6.07) is 8.91. The minimum Gasteiger partial charge on any atom is -0.545 e. The first-order valence-electron chi connectivity index (χ1n) is 6.66. The van der Waals surface area contributed by atoms with Gasteiger partial charge in [0.25, 0.3) is 0 Å². The summed E-state index contributed by atoms with van der Waals surface area (Å²) in [4.78, 5) is 16.0. The predicted molar refractivity (Wildman–Crippen MR) is 78.0 cm³/mol. The lowest BCUT2D eigenvalue weighted by Crippen LogP contribution is -2.23. The lowest BCUT2D eigenvalue weighted by atomic mass is 10.0. The summed E-state index contributed by atoms with van der Waals surface area (Å²) >= 11 is 0. The Kier molecular flexibility index (Phi) is 3.01. The van der Waals surface area contributed by atoms with Gasteiger partial charge in [0.2, 0.25) is 0 Å². The number of pyridine rings is 1. The van der Waals surface area contributed by atoms with Crippen LogP contribution in [0, 0.1) is 20.8 Å². The zero-order valence-electron chi connectivity index (χ0n) is 12.1. The highest BCUT2D eigenvalue weighted by Crippen LogP contribution is 2.28. The number of benzene rings is 1. The number of fused-ring (bicyclic) bond motifs is 1. The zero-order chi connectivity index (χ0) is 15.1. The maximum absolute atomic E-state index is 11.5. The minimum atomic E-state index is -1.21. The van der Waals surface area contributed by atoms with Gasteiger partial charge in [-0.15, -0.1) is 0 Å². The highest BCUT2D eigenvalue weighted by Gasteiger charge is 2.12. The van der Waals surface area contributed by atoms with Crippen LogP contribution in [0.15, 0.2) is 34.7 Å². The molecule has 3 rings (SSSR count). The van der Waals surface area contributed by atoms with E-state index in [1.807, 2.05) is 39.0 Å². The molecule has 1 aromatic carbocycles. The highest BCUT2D eigenvalue weighted by molar-refractivity contribution is 6.03. The molecule has 0 unspecified atom stereocenters. The van der Waals surface area contributed by atoms with Crippen LogP contribution in [0.1, 0.15) is 27.2 Å². The van der Waals surface area contributed by atoms with E-state index in [1.165, 1.54) is 6.07 Å². The summed E-state index contributed by atoms with van der Waals surface area (Å²) in [7, 11) is 0. The quantitative estimate of drug-likeness (QED) is 0.724. The molecule has 0 aliphatic heterocycles. The van der Waals surface area contributed by atoms with Crippen LogP contribution >= 0.6 is 0 Å². The van der Waals surface area contributed by atoms with Gasteiger partial charge in [0.1, 0.15) is 11.5 Å². The van der Waals surface area contributed by atoms with Gasteiger partial charge in [-0.25, -0.2) is 4.98 Å². The molecule has 4 nitrogen and oxygen atoms in total. The van der Waals surface area contributed by atoms with Crippen molar-refractivity contribution in [3.8, 4) is 11.5 Å². The lowest BCUT2D eigenvalue weighted by Gasteiger charge is -2.12. The van der Waals surface area contributed by atoms with Gasteiger partial charge in [0.15, 0.2) is 5.76 Å². The van der Waals surface area contributed by atoms with Crippen molar-refractivity contribution in [2.45, 2.75) is 20.8 Å². The van der Waals surface area contributed by atoms with Gasteiger partial charge in [0, 0.05) is 10.9 Å². The third kappa shape index (κ3) is 2.29. The van der Waals surface area contributed by atoms with E-state index in [9.17, 15) is 9.90 Å². The Morgan fingerprint density at radius 2 is 1.90 bits per heavy atom. The first-order valence-corrected chi connectivity index (χ1v) is 6.66. The number of hydrogen-bond acceptors (Lipinski definition) is 4. The van der Waals surface area contributed by atoms with Gasteiger partial charge in [-0.05, 0) is 50.6 Å². The second-order valence-corrected chi connectivity index (χ2v) is 5.23. The van der Waals surface area contributed by atoms with Crippen molar-refractivity contribution in [2.75, 3.05) is 0 Å². The molecule has 4 heteroatoms. The van der Waals surface area contributed by atoms with Crippen LogP contribution in [-0.4, -0.2) is 11.0 Å². The predicted octanol–water partition coefficient (Wildman–Crippen LogP) is 2.78. The summed E-state index contributed by atoms with van der Waals surface area (Å²) in [6.07, 6.45) is 0. The molecule has 0 radical (unpaired) electrons. The molecule has 0 aliphatic carbocycles. The lowest BCUT2D eigenvalue weighted by molar-refractivity contribution is -0.254. The molecule has 0 fully saturated rings. The van der Waals surface area contributed by atoms with Crippen molar-refractivity contribution < 1.29 is 14.3 Å². The van der Waals surface area contributed by atoms with Gasteiger partial charge in [-0.3, -0.25) is 0 Å². The van der Waals surface area contributed by atoms with Gasteiger partial charge in [-0.1, -0.05) is 11.6 Å². The number of aromatic nitrogens is 1. The monoisotopic (exact) mass is 280 g/mol. The summed E-state index contributed by atoms with van der Waals surface area (Å²) in [6.45, 7) is 5.67. The number of rotatable bonds is 2. The minimum absolute atomic E-state index is 0.135. The Bertz CT molecular complexity index is 862. The molecular formula is C17H14NO3-. The number of furan rings is 1. The second kappa shape index (κ2) is 4.74. The molecule has 3 aromatic rings.